The van der Waals surface area contributed by atoms with Crippen molar-refractivity contribution in [2.45, 2.75) is 46.0 Å². The molecule has 0 radical (unpaired) electrons. The van der Waals surface area contributed by atoms with Crippen LogP contribution in [0.3, 0.4) is 0 Å². The molecule has 0 saturated carbocycles. The third kappa shape index (κ3) is 5.08. The van der Waals surface area contributed by atoms with Crippen molar-refractivity contribution in [1.29, 1.82) is 0 Å². The Morgan fingerprint density at radius 2 is 1.91 bits per heavy atom. The first-order chi connectivity index (χ1) is 11.1. The Balaban J connectivity index is 1.78. The molecular formula is C19H28N2O2. The number of rotatable bonds is 6. The quantitative estimate of drug-likeness (QED) is 0.820. The molecular weight excluding hydrogens is 288 g/mol. The highest BCUT2D eigenvalue weighted by molar-refractivity contribution is 5.81. The molecule has 2 amide bonds. The molecule has 1 aromatic carbocycles. The molecule has 1 aliphatic heterocycles. The molecule has 1 N–H and O–H groups in total. The summed E-state index contributed by atoms with van der Waals surface area (Å²) in [6.07, 6.45) is 4.13. The van der Waals surface area contributed by atoms with Gasteiger partial charge in [-0.2, -0.15) is 0 Å². The van der Waals surface area contributed by atoms with Crippen molar-refractivity contribution in [2.75, 3.05) is 19.6 Å². The molecule has 1 saturated heterocycles. The highest BCUT2D eigenvalue weighted by atomic mass is 16.2. The predicted molar refractivity (Wildman–Crippen MR) is 92.1 cm³/mol. The maximum atomic E-state index is 12.4. The molecule has 2 rings (SSSR count). The van der Waals surface area contributed by atoms with Crippen molar-refractivity contribution in [3.8, 4) is 0 Å². The van der Waals surface area contributed by atoms with Crippen molar-refractivity contribution in [2.24, 2.45) is 5.92 Å². The third-order valence-electron chi connectivity index (χ3n) is 4.65. The molecule has 126 valence electrons. The van der Waals surface area contributed by atoms with Gasteiger partial charge in [-0.1, -0.05) is 37.6 Å². The summed E-state index contributed by atoms with van der Waals surface area (Å²) < 4.78 is 0. The van der Waals surface area contributed by atoms with E-state index in [1.54, 1.807) is 0 Å². The molecule has 0 unspecified atom stereocenters. The van der Waals surface area contributed by atoms with Crippen LogP contribution in [0.5, 0.6) is 0 Å². The van der Waals surface area contributed by atoms with Crippen LogP contribution in [-0.2, 0) is 16.0 Å². The van der Waals surface area contributed by atoms with Crippen LogP contribution in [0.1, 0.15) is 43.7 Å². The van der Waals surface area contributed by atoms with Gasteiger partial charge < -0.3 is 10.2 Å². The Bertz CT molecular complexity index is 534. The fraction of sp³-hybridized carbons (Fsp3) is 0.579. The Morgan fingerprint density at radius 3 is 2.57 bits per heavy atom. The second-order valence-electron chi connectivity index (χ2n) is 6.40. The van der Waals surface area contributed by atoms with Crippen LogP contribution < -0.4 is 5.32 Å². The molecule has 0 bridgehead atoms. The molecule has 0 aromatic heterocycles. The predicted octanol–water partition coefficient (Wildman–Crippen LogP) is 2.69. The van der Waals surface area contributed by atoms with Gasteiger partial charge in [0, 0.05) is 25.6 Å². The van der Waals surface area contributed by atoms with Crippen LogP contribution in [0.2, 0.25) is 0 Å². The highest BCUT2D eigenvalue weighted by Crippen LogP contribution is 2.19. The van der Waals surface area contributed by atoms with Crippen LogP contribution in [0.15, 0.2) is 24.3 Å². The molecule has 1 aliphatic rings. The van der Waals surface area contributed by atoms with E-state index < -0.39 is 0 Å². The molecule has 1 fully saturated rings. The number of likely N-dealkylation sites (tertiary alicyclic amines) is 1. The fourth-order valence-electron chi connectivity index (χ4n) is 3.01. The largest absolute Gasteiger partial charge is 0.356 e. The van der Waals surface area contributed by atoms with Crippen molar-refractivity contribution in [1.82, 2.24) is 10.2 Å². The molecule has 0 spiro atoms. The Morgan fingerprint density at radius 1 is 1.22 bits per heavy atom. The topological polar surface area (TPSA) is 49.4 Å². The standard InChI is InChI=1S/C19H28N2O2/c1-3-4-11-20-19(23)16-9-12-21(13-10-16)18(22)14-17-8-6-5-7-15(17)2/h5-8,16H,3-4,9-14H2,1-2H3,(H,20,23). The average molecular weight is 316 g/mol. The molecule has 1 aromatic rings. The number of aryl methyl sites for hydroxylation is 1. The molecule has 23 heavy (non-hydrogen) atoms. The fourth-order valence-corrected chi connectivity index (χ4v) is 3.01. The molecule has 4 heteroatoms. The number of benzene rings is 1. The number of piperidine rings is 1. The molecule has 0 aliphatic carbocycles. The maximum absolute atomic E-state index is 12.4. The summed E-state index contributed by atoms with van der Waals surface area (Å²) in [5, 5.41) is 3.00. The van der Waals surface area contributed by atoms with Crippen LogP contribution in [0.25, 0.3) is 0 Å². The first kappa shape index (κ1) is 17.5. The van der Waals surface area contributed by atoms with E-state index in [0.717, 1.165) is 43.4 Å². The summed E-state index contributed by atoms with van der Waals surface area (Å²) in [7, 11) is 0. The first-order valence-corrected chi connectivity index (χ1v) is 8.71. The summed E-state index contributed by atoms with van der Waals surface area (Å²) >= 11 is 0. The smallest absolute Gasteiger partial charge is 0.226 e. The van der Waals surface area contributed by atoms with Gasteiger partial charge in [-0.3, -0.25) is 9.59 Å². The summed E-state index contributed by atoms with van der Waals surface area (Å²) in [5.74, 6) is 0.392. The Hall–Kier alpha value is -1.84. The van der Waals surface area contributed by atoms with Gasteiger partial charge in [0.25, 0.3) is 0 Å². The van der Waals surface area contributed by atoms with E-state index in [0.29, 0.717) is 19.5 Å². The van der Waals surface area contributed by atoms with Crippen molar-refractivity contribution < 1.29 is 9.59 Å². The minimum Gasteiger partial charge on any atom is -0.356 e. The van der Waals surface area contributed by atoms with Crippen LogP contribution >= 0.6 is 0 Å². The number of carbonyl (C=O) groups is 2. The van der Waals surface area contributed by atoms with Gasteiger partial charge in [-0.05, 0) is 37.3 Å². The van der Waals surface area contributed by atoms with Crippen molar-refractivity contribution >= 4 is 11.8 Å². The lowest BCUT2D eigenvalue weighted by atomic mass is 9.95. The zero-order valence-electron chi connectivity index (χ0n) is 14.3. The number of nitrogens with one attached hydrogen (secondary N) is 1. The van der Waals surface area contributed by atoms with Crippen molar-refractivity contribution in [3.63, 3.8) is 0 Å². The zero-order chi connectivity index (χ0) is 16.7. The number of unbranched alkanes of at least 4 members (excludes halogenated alkanes) is 1. The van der Waals surface area contributed by atoms with E-state index >= 15 is 0 Å². The van der Waals surface area contributed by atoms with E-state index in [-0.39, 0.29) is 17.7 Å². The average Bonchev–Trinajstić information content (AvgIpc) is 2.57. The number of carbonyl (C=O) groups excluding carboxylic acids is 2. The second-order valence-corrected chi connectivity index (χ2v) is 6.40. The molecule has 4 nitrogen and oxygen atoms in total. The monoisotopic (exact) mass is 316 g/mol. The van der Waals surface area contributed by atoms with E-state index in [1.165, 1.54) is 0 Å². The second kappa shape index (κ2) is 8.70. The summed E-state index contributed by atoms with van der Waals surface area (Å²) in [4.78, 5) is 26.4. The third-order valence-corrected chi connectivity index (χ3v) is 4.65. The van der Waals surface area contributed by atoms with Gasteiger partial charge in [0.15, 0.2) is 0 Å². The Labute approximate surface area is 139 Å². The number of hydrogen-bond acceptors (Lipinski definition) is 2. The number of amides is 2. The van der Waals surface area contributed by atoms with Gasteiger partial charge in [0.1, 0.15) is 0 Å². The van der Waals surface area contributed by atoms with Gasteiger partial charge >= 0.3 is 0 Å². The summed E-state index contributed by atoms with van der Waals surface area (Å²) in [5.41, 5.74) is 2.25. The van der Waals surface area contributed by atoms with E-state index in [1.807, 2.05) is 36.1 Å². The lowest BCUT2D eigenvalue weighted by Gasteiger charge is -2.31. The first-order valence-electron chi connectivity index (χ1n) is 8.71. The highest BCUT2D eigenvalue weighted by Gasteiger charge is 2.27. The van der Waals surface area contributed by atoms with Crippen LogP contribution in [0, 0.1) is 12.8 Å². The maximum Gasteiger partial charge on any atom is 0.226 e. The van der Waals surface area contributed by atoms with E-state index in [4.69, 9.17) is 0 Å². The minimum absolute atomic E-state index is 0.0642. The summed E-state index contributed by atoms with van der Waals surface area (Å²) in [6.45, 7) is 6.30. The zero-order valence-corrected chi connectivity index (χ0v) is 14.3. The molecule has 0 atom stereocenters. The van der Waals surface area contributed by atoms with E-state index in [2.05, 4.69) is 12.2 Å². The SMILES string of the molecule is CCCCNC(=O)C1CCN(C(=O)Cc2ccccc2C)CC1. The van der Waals surface area contributed by atoms with Crippen LogP contribution in [0.4, 0.5) is 0 Å². The minimum atomic E-state index is 0.0642. The van der Waals surface area contributed by atoms with Crippen LogP contribution in [-0.4, -0.2) is 36.3 Å². The van der Waals surface area contributed by atoms with Gasteiger partial charge in [-0.25, -0.2) is 0 Å². The number of nitrogens with zero attached hydrogens (tertiary/aromatic N) is 1. The normalized spacial score (nSPS) is 15.5. The summed E-state index contributed by atoms with van der Waals surface area (Å²) in [6, 6.07) is 8.02. The lowest BCUT2D eigenvalue weighted by Crippen LogP contribution is -2.43. The van der Waals surface area contributed by atoms with Gasteiger partial charge in [-0.15, -0.1) is 0 Å². The van der Waals surface area contributed by atoms with Gasteiger partial charge in [0.05, 0.1) is 6.42 Å². The van der Waals surface area contributed by atoms with Crippen molar-refractivity contribution in [3.05, 3.63) is 35.4 Å². The van der Waals surface area contributed by atoms with E-state index in [9.17, 15) is 9.59 Å². The number of hydrogen-bond donors (Lipinski definition) is 1. The van der Waals surface area contributed by atoms with Gasteiger partial charge in [0.2, 0.25) is 11.8 Å². The molecule has 1 heterocycles. The Kier molecular flexibility index (Phi) is 6.63. The lowest BCUT2D eigenvalue weighted by molar-refractivity contribution is -0.135.